The van der Waals surface area contributed by atoms with Crippen LogP contribution in [-0.4, -0.2) is 46.5 Å². The highest BCUT2D eigenvalue weighted by atomic mass is 35.5. The summed E-state index contributed by atoms with van der Waals surface area (Å²) in [5, 5.41) is 11.1. The second-order valence-corrected chi connectivity index (χ2v) is 6.00. The minimum atomic E-state index is -0.734. The van der Waals surface area contributed by atoms with E-state index >= 15 is 0 Å². The van der Waals surface area contributed by atoms with Crippen LogP contribution in [0, 0.1) is 10.1 Å². The molecule has 1 heterocycles. The molecule has 1 aliphatic rings. The van der Waals surface area contributed by atoms with Crippen molar-refractivity contribution < 1.29 is 14.5 Å². The summed E-state index contributed by atoms with van der Waals surface area (Å²) in [4.78, 5) is 35.6. The topological polar surface area (TPSA) is 133 Å². The standard InChI is InChI=1S/C13H16N4O4S.ClH/c14-9-3-4-16(6-9)12(18)7-22-11-2-1-8(13(15)19)5-10(11)17(20)21;/h1-2,5,9H,3-4,6-7,14H2,(H2,15,19);1H/t9-;/m1./s1. The highest BCUT2D eigenvalue weighted by molar-refractivity contribution is 8.00. The zero-order valence-electron chi connectivity index (χ0n) is 12.1. The fourth-order valence-electron chi connectivity index (χ4n) is 2.18. The van der Waals surface area contributed by atoms with Crippen LogP contribution in [0.25, 0.3) is 0 Å². The second-order valence-electron chi connectivity index (χ2n) is 4.98. The van der Waals surface area contributed by atoms with Gasteiger partial charge < -0.3 is 16.4 Å². The van der Waals surface area contributed by atoms with Gasteiger partial charge in [0.1, 0.15) is 0 Å². The quantitative estimate of drug-likeness (QED) is 0.452. The van der Waals surface area contributed by atoms with Gasteiger partial charge in [-0.1, -0.05) is 0 Å². The largest absolute Gasteiger partial charge is 0.366 e. The Labute approximate surface area is 143 Å². The molecule has 0 aliphatic carbocycles. The van der Waals surface area contributed by atoms with Crippen LogP contribution in [0.2, 0.25) is 0 Å². The summed E-state index contributed by atoms with van der Waals surface area (Å²) in [5.41, 5.74) is 10.7. The summed E-state index contributed by atoms with van der Waals surface area (Å²) in [6, 6.07) is 3.97. The summed E-state index contributed by atoms with van der Waals surface area (Å²) in [5.74, 6) is -0.753. The summed E-state index contributed by atoms with van der Waals surface area (Å²) in [6.07, 6.45) is 0.768. The van der Waals surface area contributed by atoms with Gasteiger partial charge in [0, 0.05) is 30.8 Å². The molecule has 0 saturated carbocycles. The molecule has 1 aliphatic heterocycles. The lowest BCUT2D eigenvalue weighted by molar-refractivity contribution is -0.387. The Balaban J connectivity index is 0.00000264. The SMILES string of the molecule is Cl.NC(=O)c1ccc(SCC(=O)N2CC[C@@H](N)C2)c([N+](=O)[O-])c1. The molecule has 1 aromatic carbocycles. The van der Waals surface area contributed by atoms with Crippen molar-refractivity contribution in [2.75, 3.05) is 18.8 Å². The average Bonchev–Trinajstić information content (AvgIpc) is 2.91. The van der Waals surface area contributed by atoms with E-state index in [1.165, 1.54) is 12.1 Å². The van der Waals surface area contributed by atoms with E-state index in [-0.39, 0.29) is 41.4 Å². The van der Waals surface area contributed by atoms with Crippen LogP contribution in [0.5, 0.6) is 0 Å². The Morgan fingerprint density at radius 1 is 1.43 bits per heavy atom. The number of thioether (sulfide) groups is 1. The lowest BCUT2D eigenvalue weighted by Gasteiger charge is -2.15. The summed E-state index contributed by atoms with van der Waals surface area (Å²) in [6.45, 7) is 1.13. The maximum Gasteiger partial charge on any atom is 0.283 e. The number of nitrogens with two attached hydrogens (primary N) is 2. The fraction of sp³-hybridized carbons (Fsp3) is 0.385. The highest BCUT2D eigenvalue weighted by Crippen LogP contribution is 2.30. The Bertz CT molecular complexity index is 628. The molecule has 0 unspecified atom stereocenters. The van der Waals surface area contributed by atoms with Crippen molar-refractivity contribution in [1.29, 1.82) is 0 Å². The number of nitro benzene ring substituents is 1. The lowest BCUT2D eigenvalue weighted by atomic mass is 10.2. The first-order valence-corrected chi connectivity index (χ1v) is 7.61. The third-order valence-corrected chi connectivity index (χ3v) is 4.42. The molecule has 0 spiro atoms. The van der Waals surface area contributed by atoms with Gasteiger partial charge in [-0.3, -0.25) is 19.7 Å². The van der Waals surface area contributed by atoms with E-state index < -0.39 is 10.8 Å². The molecule has 1 aromatic rings. The van der Waals surface area contributed by atoms with Crippen molar-refractivity contribution in [2.24, 2.45) is 11.5 Å². The van der Waals surface area contributed by atoms with Crippen LogP contribution in [-0.2, 0) is 4.79 Å². The molecule has 0 aromatic heterocycles. The van der Waals surface area contributed by atoms with Gasteiger partial charge in [0.15, 0.2) is 0 Å². The van der Waals surface area contributed by atoms with E-state index in [9.17, 15) is 19.7 Å². The Morgan fingerprint density at radius 3 is 2.65 bits per heavy atom. The van der Waals surface area contributed by atoms with Crippen LogP contribution < -0.4 is 11.5 Å². The normalized spacial score (nSPS) is 16.7. The Hall–Kier alpha value is -1.84. The van der Waals surface area contributed by atoms with Crippen molar-refractivity contribution in [1.82, 2.24) is 4.90 Å². The summed E-state index contributed by atoms with van der Waals surface area (Å²) < 4.78 is 0. The Kier molecular flexibility index (Phi) is 6.79. The van der Waals surface area contributed by atoms with Crippen molar-refractivity contribution in [2.45, 2.75) is 17.4 Å². The maximum atomic E-state index is 12.0. The van der Waals surface area contributed by atoms with Crippen molar-refractivity contribution in [3.8, 4) is 0 Å². The molecule has 0 bridgehead atoms. The van der Waals surface area contributed by atoms with Gasteiger partial charge in [-0.15, -0.1) is 24.2 Å². The molecule has 2 rings (SSSR count). The molecular formula is C13H17ClN4O4S. The number of rotatable bonds is 5. The van der Waals surface area contributed by atoms with Gasteiger partial charge in [-0.05, 0) is 18.6 Å². The molecule has 1 saturated heterocycles. The minimum Gasteiger partial charge on any atom is -0.366 e. The predicted molar refractivity (Wildman–Crippen MR) is 88.8 cm³/mol. The maximum absolute atomic E-state index is 12.0. The van der Waals surface area contributed by atoms with E-state index in [0.29, 0.717) is 18.0 Å². The number of hydrogen-bond donors (Lipinski definition) is 2. The van der Waals surface area contributed by atoms with Gasteiger partial charge in [0.2, 0.25) is 11.8 Å². The van der Waals surface area contributed by atoms with E-state index in [0.717, 1.165) is 24.2 Å². The highest BCUT2D eigenvalue weighted by Gasteiger charge is 2.24. The van der Waals surface area contributed by atoms with Gasteiger partial charge in [-0.2, -0.15) is 0 Å². The minimum absolute atomic E-state index is 0. The zero-order valence-corrected chi connectivity index (χ0v) is 13.8. The van der Waals surface area contributed by atoms with E-state index in [4.69, 9.17) is 11.5 Å². The van der Waals surface area contributed by atoms with Crippen LogP contribution in [0.4, 0.5) is 5.69 Å². The van der Waals surface area contributed by atoms with E-state index in [1.54, 1.807) is 4.90 Å². The number of likely N-dealkylation sites (tertiary alicyclic amines) is 1. The molecule has 126 valence electrons. The first kappa shape index (κ1) is 19.2. The fourth-order valence-corrected chi connectivity index (χ4v) is 3.09. The zero-order chi connectivity index (χ0) is 16.3. The molecule has 0 radical (unpaired) electrons. The number of carbonyl (C=O) groups excluding carboxylic acids is 2. The van der Waals surface area contributed by atoms with E-state index in [2.05, 4.69) is 0 Å². The van der Waals surface area contributed by atoms with Gasteiger partial charge in [0.25, 0.3) is 5.69 Å². The van der Waals surface area contributed by atoms with Gasteiger partial charge in [-0.25, -0.2) is 0 Å². The number of hydrogen-bond acceptors (Lipinski definition) is 6. The van der Waals surface area contributed by atoms with E-state index in [1.807, 2.05) is 0 Å². The molecule has 10 heteroatoms. The average molecular weight is 361 g/mol. The molecule has 2 amide bonds. The second kappa shape index (κ2) is 8.14. The number of benzene rings is 1. The van der Waals surface area contributed by atoms with Crippen molar-refractivity contribution in [3.63, 3.8) is 0 Å². The number of primary amides is 1. The van der Waals surface area contributed by atoms with Gasteiger partial charge in [0.05, 0.1) is 15.6 Å². The number of halogens is 1. The summed E-state index contributed by atoms with van der Waals surface area (Å²) >= 11 is 1.07. The molecule has 4 N–H and O–H groups in total. The number of amides is 2. The van der Waals surface area contributed by atoms with Crippen LogP contribution in [0.3, 0.4) is 0 Å². The molecule has 23 heavy (non-hydrogen) atoms. The smallest absolute Gasteiger partial charge is 0.283 e. The van der Waals surface area contributed by atoms with Crippen LogP contribution in [0.15, 0.2) is 23.1 Å². The van der Waals surface area contributed by atoms with Crippen molar-refractivity contribution >= 4 is 41.7 Å². The monoisotopic (exact) mass is 360 g/mol. The molecule has 8 nitrogen and oxygen atoms in total. The molecule has 1 fully saturated rings. The molecule has 1 atom stereocenters. The number of nitrogens with zero attached hydrogens (tertiary/aromatic N) is 2. The van der Waals surface area contributed by atoms with Crippen LogP contribution in [0.1, 0.15) is 16.8 Å². The summed E-state index contributed by atoms with van der Waals surface area (Å²) in [7, 11) is 0. The molecular weight excluding hydrogens is 344 g/mol. The third-order valence-electron chi connectivity index (χ3n) is 3.37. The number of carbonyl (C=O) groups is 2. The van der Waals surface area contributed by atoms with Crippen molar-refractivity contribution in [3.05, 3.63) is 33.9 Å². The Morgan fingerprint density at radius 2 is 2.13 bits per heavy atom. The third kappa shape index (κ3) is 4.81. The number of nitro groups is 1. The first-order valence-electron chi connectivity index (χ1n) is 6.63. The first-order chi connectivity index (χ1) is 10.4. The predicted octanol–water partition coefficient (Wildman–Crippen LogP) is 0.767. The van der Waals surface area contributed by atoms with Crippen LogP contribution >= 0.6 is 24.2 Å². The van der Waals surface area contributed by atoms with Gasteiger partial charge >= 0.3 is 0 Å². The lowest BCUT2D eigenvalue weighted by Crippen LogP contribution is -2.33.